The van der Waals surface area contributed by atoms with Gasteiger partial charge in [0.25, 0.3) is 0 Å². The molecule has 2 rings (SSSR count). The first-order valence-corrected chi connectivity index (χ1v) is 7.31. The zero-order valence-electron chi connectivity index (χ0n) is 13.6. The van der Waals surface area contributed by atoms with Gasteiger partial charge in [-0.1, -0.05) is 24.3 Å². The van der Waals surface area contributed by atoms with Crippen LogP contribution in [0.2, 0.25) is 0 Å². The molecule has 6 heteroatoms. The molecule has 24 heavy (non-hydrogen) atoms. The first-order chi connectivity index (χ1) is 11.1. The van der Waals surface area contributed by atoms with E-state index in [1.165, 1.54) is 6.07 Å². The highest BCUT2D eigenvalue weighted by Crippen LogP contribution is 2.09. The quantitative estimate of drug-likeness (QED) is 0.437. The Morgan fingerprint density at radius 2 is 1.67 bits per heavy atom. The summed E-state index contributed by atoms with van der Waals surface area (Å²) in [5, 5.41) is 15.2. The smallest absolute Gasteiger partial charge is 0.191 e. The van der Waals surface area contributed by atoms with Crippen molar-refractivity contribution < 1.29 is 4.39 Å². The number of hydrogen-bond donors (Lipinski definition) is 2. The summed E-state index contributed by atoms with van der Waals surface area (Å²) in [6, 6.07) is 14.5. The Balaban J connectivity index is 0.00000288. The lowest BCUT2D eigenvalue weighted by molar-refractivity contribution is 0.617. The third-order valence-corrected chi connectivity index (χ3v) is 3.45. The average Bonchev–Trinajstić information content (AvgIpc) is 2.58. The van der Waals surface area contributed by atoms with E-state index in [-0.39, 0.29) is 29.8 Å². The predicted octanol–water partition coefficient (Wildman–Crippen LogP) is 3.49. The normalized spacial score (nSPS) is 10.5. The Bertz CT molecular complexity index is 736. The van der Waals surface area contributed by atoms with Crippen LogP contribution in [-0.4, -0.2) is 13.0 Å². The summed E-state index contributed by atoms with van der Waals surface area (Å²) >= 11 is 0. The number of nitrogens with zero attached hydrogens (tertiary/aromatic N) is 2. The minimum Gasteiger partial charge on any atom is -0.352 e. The second-order valence-corrected chi connectivity index (χ2v) is 5.17. The summed E-state index contributed by atoms with van der Waals surface area (Å²) in [5.41, 5.74) is 3.32. The zero-order valence-corrected chi connectivity index (χ0v) is 16.0. The second-order valence-electron chi connectivity index (χ2n) is 5.17. The van der Waals surface area contributed by atoms with E-state index < -0.39 is 0 Å². The molecule has 0 heterocycles. The van der Waals surface area contributed by atoms with Gasteiger partial charge in [0.1, 0.15) is 5.82 Å². The van der Waals surface area contributed by atoms with Crippen LogP contribution in [0.1, 0.15) is 22.3 Å². The molecule has 4 nitrogen and oxygen atoms in total. The van der Waals surface area contributed by atoms with Gasteiger partial charge in [-0.25, -0.2) is 4.39 Å². The first-order valence-electron chi connectivity index (χ1n) is 7.31. The average molecular weight is 438 g/mol. The maximum absolute atomic E-state index is 13.2. The van der Waals surface area contributed by atoms with Crippen molar-refractivity contribution in [2.45, 2.75) is 20.0 Å². The van der Waals surface area contributed by atoms with E-state index in [2.05, 4.69) is 21.7 Å². The number of hydrogen-bond acceptors (Lipinski definition) is 2. The van der Waals surface area contributed by atoms with Crippen LogP contribution in [0.4, 0.5) is 4.39 Å². The van der Waals surface area contributed by atoms with Gasteiger partial charge in [-0.3, -0.25) is 4.99 Å². The van der Waals surface area contributed by atoms with Crippen molar-refractivity contribution in [3.63, 3.8) is 0 Å². The predicted molar refractivity (Wildman–Crippen MR) is 105 cm³/mol. The van der Waals surface area contributed by atoms with Gasteiger partial charge in [0.05, 0.1) is 11.6 Å². The van der Waals surface area contributed by atoms with Crippen molar-refractivity contribution in [1.82, 2.24) is 10.6 Å². The van der Waals surface area contributed by atoms with Crippen LogP contribution in [0.5, 0.6) is 0 Å². The van der Waals surface area contributed by atoms with E-state index >= 15 is 0 Å². The molecular formula is C18H20FIN4. The lowest BCUT2D eigenvalue weighted by Gasteiger charge is -2.12. The van der Waals surface area contributed by atoms with Gasteiger partial charge in [-0.05, 0) is 41.8 Å². The molecule has 0 aliphatic heterocycles. The van der Waals surface area contributed by atoms with Gasteiger partial charge in [0.2, 0.25) is 0 Å². The number of benzene rings is 2. The topological polar surface area (TPSA) is 60.2 Å². The summed E-state index contributed by atoms with van der Waals surface area (Å²) in [6.07, 6.45) is 0. The fourth-order valence-corrected chi connectivity index (χ4v) is 2.11. The van der Waals surface area contributed by atoms with E-state index in [1.807, 2.05) is 18.2 Å². The number of nitrogens with one attached hydrogen (secondary N) is 2. The molecule has 0 fully saturated rings. The maximum atomic E-state index is 13.2. The molecule has 0 aliphatic carbocycles. The van der Waals surface area contributed by atoms with Crippen LogP contribution >= 0.6 is 24.0 Å². The van der Waals surface area contributed by atoms with Gasteiger partial charge in [-0.2, -0.15) is 5.26 Å². The number of rotatable bonds is 4. The maximum Gasteiger partial charge on any atom is 0.191 e. The molecule has 0 aliphatic rings. The number of halogens is 2. The van der Waals surface area contributed by atoms with E-state index in [9.17, 15) is 4.39 Å². The summed E-state index contributed by atoms with van der Waals surface area (Å²) in [5.74, 6) is 0.466. The first kappa shape index (κ1) is 19.9. The van der Waals surface area contributed by atoms with Gasteiger partial charge in [0, 0.05) is 20.1 Å². The standard InChI is InChI=1S/C18H19FN4.HI/c1-13-9-16(7-8-17(13)19)12-23-18(21-2)22-11-15-5-3-14(10-20)4-6-15;/h3-9H,11-12H2,1-2H3,(H2,21,22,23);1H. The molecule has 0 saturated carbocycles. The number of aliphatic imine (C=N–C) groups is 1. The van der Waals surface area contributed by atoms with Crippen molar-refractivity contribution in [2.75, 3.05) is 7.05 Å². The van der Waals surface area contributed by atoms with E-state index in [4.69, 9.17) is 5.26 Å². The lowest BCUT2D eigenvalue weighted by Crippen LogP contribution is -2.36. The van der Waals surface area contributed by atoms with Crippen LogP contribution in [0.3, 0.4) is 0 Å². The third-order valence-electron chi connectivity index (χ3n) is 3.45. The minimum atomic E-state index is -0.197. The summed E-state index contributed by atoms with van der Waals surface area (Å²) in [7, 11) is 1.70. The van der Waals surface area contributed by atoms with Gasteiger partial charge in [0.15, 0.2) is 5.96 Å². The summed E-state index contributed by atoms with van der Waals surface area (Å²) in [6.45, 7) is 2.92. The molecule has 0 bridgehead atoms. The Hall–Kier alpha value is -2.14. The number of aryl methyl sites for hydroxylation is 1. The third kappa shape index (κ3) is 5.81. The SMILES string of the molecule is CN=C(NCc1ccc(C#N)cc1)NCc1ccc(F)c(C)c1.I. The zero-order chi connectivity index (χ0) is 16.7. The molecule has 0 saturated heterocycles. The molecule has 0 radical (unpaired) electrons. The van der Waals surface area contributed by atoms with Crippen molar-refractivity contribution in [1.29, 1.82) is 5.26 Å². The van der Waals surface area contributed by atoms with Gasteiger partial charge in [-0.15, -0.1) is 24.0 Å². The van der Waals surface area contributed by atoms with Crippen LogP contribution < -0.4 is 10.6 Å². The lowest BCUT2D eigenvalue weighted by atomic mass is 10.1. The molecule has 2 aromatic rings. The second kappa shape index (κ2) is 9.88. The molecule has 0 unspecified atom stereocenters. The van der Waals surface area contributed by atoms with Crippen molar-refractivity contribution in [3.8, 4) is 6.07 Å². The minimum absolute atomic E-state index is 0. The van der Waals surface area contributed by atoms with Crippen molar-refractivity contribution >= 4 is 29.9 Å². The Morgan fingerprint density at radius 1 is 1.08 bits per heavy atom. The fourth-order valence-electron chi connectivity index (χ4n) is 2.11. The van der Waals surface area contributed by atoms with Crippen LogP contribution in [-0.2, 0) is 13.1 Å². The molecule has 126 valence electrons. The number of guanidine groups is 1. The highest BCUT2D eigenvalue weighted by molar-refractivity contribution is 14.0. The summed E-state index contributed by atoms with van der Waals surface area (Å²) < 4.78 is 13.2. The van der Waals surface area contributed by atoms with Gasteiger partial charge >= 0.3 is 0 Å². The molecule has 2 N–H and O–H groups in total. The van der Waals surface area contributed by atoms with Gasteiger partial charge < -0.3 is 10.6 Å². The number of nitriles is 1. The summed E-state index contributed by atoms with van der Waals surface area (Å²) in [4.78, 5) is 4.16. The van der Waals surface area contributed by atoms with E-state index in [0.717, 1.165) is 11.1 Å². The molecular weight excluding hydrogens is 418 g/mol. The molecule has 0 spiro atoms. The van der Waals surface area contributed by atoms with E-state index in [0.29, 0.717) is 30.2 Å². The monoisotopic (exact) mass is 438 g/mol. The molecule has 0 aromatic heterocycles. The van der Waals surface area contributed by atoms with Crippen LogP contribution in [0.25, 0.3) is 0 Å². The molecule has 2 aromatic carbocycles. The van der Waals surface area contributed by atoms with E-state index in [1.54, 1.807) is 32.2 Å². The van der Waals surface area contributed by atoms with Crippen molar-refractivity contribution in [3.05, 3.63) is 70.5 Å². The molecule has 0 atom stereocenters. The van der Waals surface area contributed by atoms with Crippen LogP contribution in [0.15, 0.2) is 47.5 Å². The largest absolute Gasteiger partial charge is 0.352 e. The Kier molecular flexibility index (Phi) is 8.19. The van der Waals surface area contributed by atoms with Crippen molar-refractivity contribution in [2.24, 2.45) is 4.99 Å². The van der Waals surface area contributed by atoms with Crippen LogP contribution in [0, 0.1) is 24.1 Å². The Labute approximate surface area is 158 Å². The highest BCUT2D eigenvalue weighted by atomic mass is 127. The highest BCUT2D eigenvalue weighted by Gasteiger charge is 2.02. The molecule has 0 amide bonds. The Morgan fingerprint density at radius 3 is 2.21 bits per heavy atom. The fraction of sp³-hybridized carbons (Fsp3) is 0.222.